The van der Waals surface area contributed by atoms with E-state index < -0.39 is 12.2 Å². The second-order valence-corrected chi connectivity index (χ2v) is 6.45. The van der Waals surface area contributed by atoms with E-state index in [9.17, 15) is 9.90 Å². The van der Waals surface area contributed by atoms with Crippen molar-refractivity contribution in [3.63, 3.8) is 0 Å². The third-order valence-electron chi connectivity index (χ3n) is 4.33. The molecule has 1 amide bonds. The zero-order valence-corrected chi connectivity index (χ0v) is 14.1. The molecule has 4 nitrogen and oxygen atoms in total. The molecule has 22 heavy (non-hydrogen) atoms. The van der Waals surface area contributed by atoms with E-state index in [0.717, 1.165) is 31.2 Å². The highest BCUT2D eigenvalue weighted by Gasteiger charge is 2.31. The number of likely N-dealkylation sites (N-methyl/N-ethyl adjacent to an activating group) is 1. The number of ether oxygens (including phenoxy) is 1. The first-order chi connectivity index (χ1) is 10.4. The van der Waals surface area contributed by atoms with Crippen LogP contribution in [-0.2, 0) is 4.79 Å². The fourth-order valence-corrected chi connectivity index (χ4v) is 3.06. The molecule has 1 aliphatic rings. The molecule has 1 fully saturated rings. The van der Waals surface area contributed by atoms with Gasteiger partial charge < -0.3 is 14.7 Å². The van der Waals surface area contributed by atoms with E-state index in [1.165, 1.54) is 0 Å². The molecule has 0 saturated heterocycles. The zero-order chi connectivity index (χ0) is 16.3. The molecule has 5 heteroatoms. The number of hydrogen-bond donors (Lipinski definition) is 1. The van der Waals surface area contributed by atoms with Gasteiger partial charge in [-0.15, -0.1) is 0 Å². The lowest BCUT2D eigenvalue weighted by Crippen LogP contribution is -2.50. The van der Waals surface area contributed by atoms with Crippen LogP contribution in [-0.4, -0.2) is 41.2 Å². The van der Waals surface area contributed by atoms with Crippen LogP contribution in [0.5, 0.6) is 5.75 Å². The average molecular weight is 326 g/mol. The summed E-state index contributed by atoms with van der Waals surface area (Å²) in [5.74, 6) is 0.513. The first-order valence-electron chi connectivity index (χ1n) is 7.77. The van der Waals surface area contributed by atoms with Crippen LogP contribution in [0, 0.1) is 6.92 Å². The first kappa shape index (κ1) is 17.1. The number of amides is 1. The van der Waals surface area contributed by atoms with Crippen LogP contribution in [0.25, 0.3) is 0 Å². The molecule has 0 spiro atoms. The van der Waals surface area contributed by atoms with E-state index in [1.54, 1.807) is 31.0 Å². The van der Waals surface area contributed by atoms with Gasteiger partial charge in [0.1, 0.15) is 5.75 Å². The topological polar surface area (TPSA) is 49.8 Å². The zero-order valence-electron chi connectivity index (χ0n) is 13.4. The third kappa shape index (κ3) is 3.93. The summed E-state index contributed by atoms with van der Waals surface area (Å²) in [4.78, 5) is 14.1. The van der Waals surface area contributed by atoms with Crippen LogP contribution >= 0.6 is 11.6 Å². The van der Waals surface area contributed by atoms with Gasteiger partial charge >= 0.3 is 0 Å². The Labute approximate surface area is 137 Å². The fraction of sp³-hybridized carbons (Fsp3) is 0.588. The predicted molar refractivity (Wildman–Crippen MR) is 87.3 cm³/mol. The molecular weight excluding hydrogens is 302 g/mol. The third-order valence-corrected chi connectivity index (χ3v) is 4.75. The Kier molecular flexibility index (Phi) is 5.70. The van der Waals surface area contributed by atoms with Gasteiger partial charge in [0, 0.05) is 12.1 Å². The summed E-state index contributed by atoms with van der Waals surface area (Å²) < 4.78 is 5.73. The molecular formula is C17H24ClNO3. The minimum atomic E-state index is -0.597. The maximum atomic E-state index is 12.5. The van der Waals surface area contributed by atoms with Crippen molar-refractivity contribution in [1.29, 1.82) is 0 Å². The number of carbonyl (C=O) groups is 1. The normalized spacial score (nSPS) is 23.0. The molecule has 0 aromatic heterocycles. The number of aryl methyl sites for hydroxylation is 1. The SMILES string of the molecule is Cc1cc(O[C@H](C)C(=O)N(C)[C@@H]2CCCC[C@@H]2O)ccc1Cl. The molecule has 0 bridgehead atoms. The number of aliphatic hydroxyl groups excluding tert-OH is 1. The van der Waals surface area contributed by atoms with Crippen molar-refractivity contribution >= 4 is 17.5 Å². The van der Waals surface area contributed by atoms with Crippen LogP contribution in [0.4, 0.5) is 0 Å². The van der Waals surface area contributed by atoms with E-state index in [4.69, 9.17) is 16.3 Å². The monoisotopic (exact) mass is 325 g/mol. The summed E-state index contributed by atoms with van der Waals surface area (Å²) in [6, 6.07) is 5.23. The van der Waals surface area contributed by atoms with Gasteiger partial charge in [0.05, 0.1) is 12.1 Å². The quantitative estimate of drug-likeness (QED) is 0.925. The van der Waals surface area contributed by atoms with Gasteiger partial charge in [-0.1, -0.05) is 24.4 Å². The second-order valence-electron chi connectivity index (χ2n) is 6.04. The summed E-state index contributed by atoms with van der Waals surface area (Å²) in [6.07, 6.45) is 2.64. The molecule has 0 heterocycles. The van der Waals surface area contributed by atoms with Gasteiger partial charge in [0.15, 0.2) is 6.10 Å². The Morgan fingerprint density at radius 1 is 1.41 bits per heavy atom. The van der Waals surface area contributed by atoms with Crippen LogP contribution in [0.1, 0.15) is 38.2 Å². The van der Waals surface area contributed by atoms with Gasteiger partial charge in [-0.3, -0.25) is 4.79 Å². The molecule has 1 N–H and O–H groups in total. The van der Waals surface area contributed by atoms with Crippen molar-refractivity contribution in [2.24, 2.45) is 0 Å². The van der Waals surface area contributed by atoms with E-state index in [2.05, 4.69) is 0 Å². The van der Waals surface area contributed by atoms with E-state index in [-0.39, 0.29) is 11.9 Å². The molecule has 0 radical (unpaired) electrons. The van der Waals surface area contributed by atoms with Gasteiger partial charge in [-0.25, -0.2) is 0 Å². The smallest absolute Gasteiger partial charge is 0.263 e. The average Bonchev–Trinajstić information content (AvgIpc) is 2.50. The van der Waals surface area contributed by atoms with Gasteiger partial charge in [-0.2, -0.15) is 0 Å². The van der Waals surface area contributed by atoms with Crippen LogP contribution in [0.3, 0.4) is 0 Å². The van der Waals surface area contributed by atoms with Gasteiger partial charge in [-0.05, 0) is 50.5 Å². The maximum absolute atomic E-state index is 12.5. The standard InChI is InChI=1S/C17H24ClNO3/c1-11-10-13(8-9-14(11)18)22-12(2)17(21)19(3)15-6-4-5-7-16(15)20/h8-10,12,15-16,20H,4-7H2,1-3H3/t12-,15-,16+/m1/s1. The van der Waals surface area contributed by atoms with Gasteiger partial charge in [0.25, 0.3) is 5.91 Å². The van der Waals surface area contributed by atoms with E-state index >= 15 is 0 Å². The fourth-order valence-electron chi connectivity index (χ4n) is 2.94. The summed E-state index contributed by atoms with van der Waals surface area (Å²) in [5.41, 5.74) is 0.912. The lowest BCUT2D eigenvalue weighted by molar-refractivity contribution is -0.142. The number of rotatable bonds is 4. The highest BCUT2D eigenvalue weighted by atomic mass is 35.5. The molecule has 1 aliphatic carbocycles. The predicted octanol–water partition coefficient (Wildman–Crippen LogP) is 3.18. The molecule has 0 unspecified atom stereocenters. The van der Waals surface area contributed by atoms with Crippen LogP contribution in [0.15, 0.2) is 18.2 Å². The minimum absolute atomic E-state index is 0.112. The first-order valence-corrected chi connectivity index (χ1v) is 8.15. The highest BCUT2D eigenvalue weighted by Crippen LogP contribution is 2.25. The van der Waals surface area contributed by atoms with E-state index in [1.807, 2.05) is 13.0 Å². The largest absolute Gasteiger partial charge is 0.481 e. The Bertz CT molecular complexity index is 535. The number of benzene rings is 1. The summed E-state index contributed by atoms with van der Waals surface area (Å²) in [7, 11) is 1.74. The molecule has 2 rings (SSSR count). The van der Waals surface area contributed by atoms with Crippen molar-refractivity contribution in [3.05, 3.63) is 28.8 Å². The lowest BCUT2D eigenvalue weighted by Gasteiger charge is -2.36. The minimum Gasteiger partial charge on any atom is -0.481 e. The highest BCUT2D eigenvalue weighted by molar-refractivity contribution is 6.31. The summed E-state index contributed by atoms with van der Waals surface area (Å²) in [5, 5.41) is 10.8. The number of nitrogens with zero attached hydrogens (tertiary/aromatic N) is 1. The van der Waals surface area contributed by atoms with Crippen molar-refractivity contribution < 1.29 is 14.6 Å². The number of aliphatic hydroxyl groups is 1. The Morgan fingerprint density at radius 3 is 2.73 bits per heavy atom. The summed E-state index contributed by atoms with van der Waals surface area (Å²) in [6.45, 7) is 3.63. The molecule has 1 saturated carbocycles. The van der Waals surface area contributed by atoms with E-state index in [0.29, 0.717) is 10.8 Å². The van der Waals surface area contributed by atoms with Crippen molar-refractivity contribution in [1.82, 2.24) is 4.90 Å². The number of carbonyl (C=O) groups excluding carboxylic acids is 1. The number of hydrogen-bond acceptors (Lipinski definition) is 3. The van der Waals surface area contributed by atoms with Crippen molar-refractivity contribution in [2.45, 2.75) is 57.8 Å². The molecule has 3 atom stereocenters. The van der Waals surface area contributed by atoms with Crippen molar-refractivity contribution in [2.75, 3.05) is 7.05 Å². The molecule has 0 aliphatic heterocycles. The Balaban J connectivity index is 2.00. The van der Waals surface area contributed by atoms with Gasteiger partial charge in [0.2, 0.25) is 0 Å². The second kappa shape index (κ2) is 7.34. The number of halogens is 1. The van der Waals surface area contributed by atoms with Crippen LogP contribution in [0.2, 0.25) is 5.02 Å². The maximum Gasteiger partial charge on any atom is 0.263 e. The molecule has 1 aromatic carbocycles. The van der Waals surface area contributed by atoms with Crippen molar-refractivity contribution in [3.8, 4) is 5.75 Å². The molecule has 1 aromatic rings. The lowest BCUT2D eigenvalue weighted by atomic mass is 9.91. The van der Waals surface area contributed by atoms with Crippen LogP contribution < -0.4 is 4.74 Å². The summed E-state index contributed by atoms with van der Waals surface area (Å²) >= 11 is 5.99. The molecule has 122 valence electrons. The Morgan fingerprint density at radius 2 is 2.09 bits per heavy atom. The Hall–Kier alpha value is -1.26.